The van der Waals surface area contributed by atoms with E-state index < -0.39 is 0 Å². The van der Waals surface area contributed by atoms with Gasteiger partial charge in [-0.3, -0.25) is 0 Å². The van der Waals surface area contributed by atoms with Gasteiger partial charge in [-0.15, -0.1) is 0 Å². The highest BCUT2D eigenvalue weighted by Crippen LogP contribution is 2.33. The summed E-state index contributed by atoms with van der Waals surface area (Å²) in [7, 11) is 3.14. The number of methoxy groups -OCH3 is 2. The minimum absolute atomic E-state index is 0.307. The molecule has 21 heavy (non-hydrogen) atoms. The number of nitrogens with one attached hydrogen (secondary N) is 1. The summed E-state index contributed by atoms with van der Waals surface area (Å²) in [5, 5.41) is 0. The molecule has 0 amide bonds. The van der Waals surface area contributed by atoms with Gasteiger partial charge in [-0.1, -0.05) is 11.6 Å². The molecule has 0 bridgehead atoms. The number of H-pyrrole nitrogens is 1. The fourth-order valence-electron chi connectivity index (χ4n) is 2.28. The molecule has 1 heterocycles. The fraction of sp³-hybridized carbons (Fsp3) is 0.188. The number of rotatable bonds is 3. The van der Waals surface area contributed by atoms with Gasteiger partial charge in [0.05, 0.1) is 30.8 Å². The minimum Gasteiger partial charge on any atom is -0.493 e. The van der Waals surface area contributed by atoms with Crippen molar-refractivity contribution in [2.75, 3.05) is 14.2 Å². The Morgan fingerprint density at radius 2 is 1.76 bits per heavy atom. The van der Waals surface area contributed by atoms with Crippen LogP contribution in [0.4, 0.5) is 4.39 Å². The lowest BCUT2D eigenvalue weighted by molar-refractivity contribution is 0.356. The van der Waals surface area contributed by atoms with Gasteiger partial charge < -0.3 is 14.5 Å². The van der Waals surface area contributed by atoms with E-state index in [0.717, 1.165) is 11.1 Å². The lowest BCUT2D eigenvalue weighted by Crippen LogP contribution is -1.89. The zero-order chi connectivity index (χ0) is 15.0. The number of benzene rings is 2. The molecule has 4 nitrogen and oxygen atoms in total. The molecule has 5 heteroatoms. The Morgan fingerprint density at radius 3 is 2.48 bits per heavy atom. The molecule has 3 rings (SSSR count). The first-order valence-corrected chi connectivity index (χ1v) is 6.50. The van der Waals surface area contributed by atoms with Gasteiger partial charge in [0.25, 0.3) is 0 Å². The quantitative estimate of drug-likeness (QED) is 0.798. The number of hydrogen-bond donors (Lipinski definition) is 1. The fourth-order valence-corrected chi connectivity index (χ4v) is 2.28. The maximum absolute atomic E-state index is 14.0. The van der Waals surface area contributed by atoms with Crippen LogP contribution < -0.4 is 9.47 Å². The van der Waals surface area contributed by atoms with Gasteiger partial charge in [0, 0.05) is 12.1 Å². The average molecular weight is 286 g/mol. The smallest absolute Gasteiger partial charge is 0.163 e. The van der Waals surface area contributed by atoms with E-state index in [1.165, 1.54) is 6.07 Å². The van der Waals surface area contributed by atoms with Crippen LogP contribution in [0, 0.1) is 12.7 Å². The van der Waals surface area contributed by atoms with Crippen molar-refractivity contribution in [1.29, 1.82) is 0 Å². The van der Waals surface area contributed by atoms with E-state index in [1.807, 2.05) is 6.92 Å². The van der Waals surface area contributed by atoms with Crippen molar-refractivity contribution in [2.24, 2.45) is 0 Å². The first-order chi connectivity index (χ1) is 10.1. The zero-order valence-corrected chi connectivity index (χ0v) is 12.0. The summed E-state index contributed by atoms with van der Waals surface area (Å²) in [6.45, 7) is 1.91. The highest BCUT2D eigenvalue weighted by molar-refractivity contribution is 5.83. The van der Waals surface area contributed by atoms with E-state index >= 15 is 0 Å². The molecule has 2 aromatic carbocycles. The standard InChI is InChI=1S/C16H15FN2O2/c1-9-4-5-11(17)10(6-9)16-18-12-7-14(20-2)15(21-3)8-13(12)19-16/h4-8H,1-3H3,(H,18,19). The normalized spacial score (nSPS) is 10.9. The van der Waals surface area contributed by atoms with E-state index in [-0.39, 0.29) is 5.82 Å². The second kappa shape index (κ2) is 5.09. The van der Waals surface area contributed by atoms with Crippen molar-refractivity contribution >= 4 is 11.0 Å². The molecule has 0 saturated heterocycles. The Kier molecular flexibility index (Phi) is 3.25. The number of nitrogens with zero attached hydrogens (tertiary/aromatic N) is 1. The van der Waals surface area contributed by atoms with Crippen LogP contribution in [0.1, 0.15) is 5.56 Å². The molecule has 108 valence electrons. The van der Waals surface area contributed by atoms with Gasteiger partial charge in [0.15, 0.2) is 11.5 Å². The Labute approximate surface area is 121 Å². The van der Waals surface area contributed by atoms with Crippen molar-refractivity contribution in [3.05, 3.63) is 41.7 Å². The highest BCUT2D eigenvalue weighted by atomic mass is 19.1. The molecule has 0 aliphatic rings. The lowest BCUT2D eigenvalue weighted by atomic mass is 10.1. The minimum atomic E-state index is -0.307. The molecule has 0 fully saturated rings. The summed E-state index contributed by atoms with van der Waals surface area (Å²) < 4.78 is 24.5. The van der Waals surface area contributed by atoms with E-state index in [2.05, 4.69) is 9.97 Å². The average Bonchev–Trinajstić information content (AvgIpc) is 2.90. The molecule has 0 unspecified atom stereocenters. The van der Waals surface area contributed by atoms with Gasteiger partial charge in [0.1, 0.15) is 11.6 Å². The Bertz CT molecular complexity index is 770. The summed E-state index contributed by atoms with van der Waals surface area (Å²) in [6, 6.07) is 8.49. The van der Waals surface area contributed by atoms with Gasteiger partial charge in [-0.05, 0) is 19.1 Å². The van der Waals surface area contributed by atoms with E-state index in [4.69, 9.17) is 9.47 Å². The van der Waals surface area contributed by atoms with Gasteiger partial charge in [-0.25, -0.2) is 9.37 Å². The summed E-state index contributed by atoms with van der Waals surface area (Å²) in [5.41, 5.74) is 2.89. The van der Waals surface area contributed by atoms with Crippen LogP contribution in [-0.4, -0.2) is 24.2 Å². The van der Waals surface area contributed by atoms with Crippen molar-refractivity contribution in [2.45, 2.75) is 6.92 Å². The summed E-state index contributed by atoms with van der Waals surface area (Å²) in [5.74, 6) is 1.37. The number of aryl methyl sites for hydroxylation is 1. The number of imidazole rings is 1. The number of aromatic amines is 1. The maximum atomic E-state index is 14.0. The predicted molar refractivity (Wildman–Crippen MR) is 79.3 cm³/mol. The summed E-state index contributed by atoms with van der Waals surface area (Å²) in [6.07, 6.45) is 0. The van der Waals surface area contributed by atoms with Crippen molar-refractivity contribution in [3.63, 3.8) is 0 Å². The van der Waals surface area contributed by atoms with Crippen molar-refractivity contribution in [1.82, 2.24) is 9.97 Å². The predicted octanol–water partition coefficient (Wildman–Crippen LogP) is 3.69. The Morgan fingerprint density at radius 1 is 1.05 bits per heavy atom. The maximum Gasteiger partial charge on any atom is 0.163 e. The first kappa shape index (κ1) is 13.4. The van der Waals surface area contributed by atoms with Crippen LogP contribution in [-0.2, 0) is 0 Å². The van der Waals surface area contributed by atoms with Gasteiger partial charge in [0.2, 0.25) is 0 Å². The van der Waals surface area contributed by atoms with Crippen LogP contribution in [0.5, 0.6) is 11.5 Å². The zero-order valence-electron chi connectivity index (χ0n) is 12.0. The molecule has 1 aromatic heterocycles. The molecule has 0 spiro atoms. The van der Waals surface area contributed by atoms with Crippen molar-refractivity contribution < 1.29 is 13.9 Å². The van der Waals surface area contributed by atoms with Crippen LogP contribution in [0.3, 0.4) is 0 Å². The molecule has 1 N–H and O–H groups in total. The SMILES string of the molecule is COc1cc2nc(-c3cc(C)ccc3F)[nH]c2cc1OC. The molecule has 0 radical (unpaired) electrons. The second-order valence-corrected chi connectivity index (χ2v) is 4.79. The molecule has 0 aliphatic heterocycles. The third kappa shape index (κ3) is 2.31. The van der Waals surface area contributed by atoms with E-state index in [0.29, 0.717) is 28.4 Å². The number of aromatic nitrogens is 2. The third-order valence-corrected chi connectivity index (χ3v) is 3.36. The largest absolute Gasteiger partial charge is 0.493 e. The number of halogens is 1. The van der Waals surface area contributed by atoms with Crippen molar-refractivity contribution in [3.8, 4) is 22.9 Å². The first-order valence-electron chi connectivity index (χ1n) is 6.50. The highest BCUT2D eigenvalue weighted by Gasteiger charge is 2.13. The molecule has 3 aromatic rings. The Hall–Kier alpha value is -2.56. The van der Waals surface area contributed by atoms with Gasteiger partial charge in [-0.2, -0.15) is 0 Å². The third-order valence-electron chi connectivity index (χ3n) is 3.36. The Balaban J connectivity index is 2.19. The van der Waals surface area contributed by atoms with Gasteiger partial charge >= 0.3 is 0 Å². The monoisotopic (exact) mass is 286 g/mol. The lowest BCUT2D eigenvalue weighted by Gasteiger charge is -2.06. The van der Waals surface area contributed by atoms with Crippen LogP contribution >= 0.6 is 0 Å². The summed E-state index contributed by atoms with van der Waals surface area (Å²) >= 11 is 0. The number of fused-ring (bicyclic) bond motifs is 1. The molecule has 0 atom stereocenters. The molecule has 0 saturated carbocycles. The second-order valence-electron chi connectivity index (χ2n) is 4.79. The number of ether oxygens (including phenoxy) is 2. The summed E-state index contributed by atoms with van der Waals surface area (Å²) in [4.78, 5) is 7.56. The molecular formula is C16H15FN2O2. The van der Waals surface area contributed by atoms with Crippen LogP contribution in [0.25, 0.3) is 22.4 Å². The number of hydrogen-bond acceptors (Lipinski definition) is 3. The van der Waals surface area contributed by atoms with E-state index in [1.54, 1.807) is 38.5 Å². The van der Waals surface area contributed by atoms with Crippen LogP contribution in [0.15, 0.2) is 30.3 Å². The molecule has 0 aliphatic carbocycles. The van der Waals surface area contributed by atoms with E-state index in [9.17, 15) is 4.39 Å². The van der Waals surface area contributed by atoms with Crippen LogP contribution in [0.2, 0.25) is 0 Å². The topological polar surface area (TPSA) is 47.1 Å². The molecular weight excluding hydrogens is 271 g/mol.